The molecule has 5 heteroatoms. The first kappa shape index (κ1) is 32.0. The lowest BCUT2D eigenvalue weighted by atomic mass is 9.49. The van der Waals surface area contributed by atoms with Gasteiger partial charge in [-0.15, -0.1) is 0 Å². The van der Waals surface area contributed by atoms with E-state index in [2.05, 4.69) is 46.8 Å². The lowest BCUT2D eigenvalue weighted by Gasteiger charge is -2.58. The largest absolute Gasteiger partial charge is 0.458 e. The Labute approximate surface area is 259 Å². The number of ether oxygens (including phenoxy) is 3. The van der Waals surface area contributed by atoms with Crippen LogP contribution in [0.2, 0.25) is 0 Å². The summed E-state index contributed by atoms with van der Waals surface area (Å²) in [4.78, 5) is 25.1. The zero-order chi connectivity index (χ0) is 30.9. The van der Waals surface area contributed by atoms with Crippen LogP contribution in [0.3, 0.4) is 0 Å². The number of carbonyl (C=O) groups is 2. The second-order valence-electron chi connectivity index (χ2n) is 14.9. The van der Waals surface area contributed by atoms with E-state index in [0.29, 0.717) is 24.4 Å². The molecule has 3 saturated carbocycles. The summed E-state index contributed by atoms with van der Waals surface area (Å²) in [5.74, 6) is 2.30. The van der Waals surface area contributed by atoms with Crippen LogP contribution in [-0.2, 0) is 30.4 Å². The summed E-state index contributed by atoms with van der Waals surface area (Å²) in [7, 11) is 0. The summed E-state index contributed by atoms with van der Waals surface area (Å²) >= 11 is 0. The number of hydrogen-bond donors (Lipinski definition) is 0. The van der Waals surface area contributed by atoms with Gasteiger partial charge in [-0.2, -0.15) is 0 Å². The summed E-state index contributed by atoms with van der Waals surface area (Å²) in [6.45, 7) is 15.3. The van der Waals surface area contributed by atoms with Crippen LogP contribution in [-0.4, -0.2) is 30.3 Å². The van der Waals surface area contributed by atoms with Gasteiger partial charge in [0.25, 0.3) is 0 Å². The molecule has 5 nitrogen and oxygen atoms in total. The third-order valence-corrected chi connectivity index (χ3v) is 11.8. The molecule has 0 N–H and O–H groups in total. The molecule has 0 aromatic heterocycles. The number of allylic oxidation sites excluding steroid dienone is 3. The van der Waals surface area contributed by atoms with Crippen molar-refractivity contribution < 1.29 is 23.8 Å². The molecule has 0 aliphatic heterocycles. The molecule has 4 aliphatic carbocycles. The average molecular weight is 591 g/mol. The van der Waals surface area contributed by atoms with Crippen molar-refractivity contribution in [2.24, 2.45) is 40.4 Å². The van der Waals surface area contributed by atoms with E-state index in [9.17, 15) is 9.59 Å². The lowest BCUT2D eigenvalue weighted by Crippen LogP contribution is -2.61. The number of carbonyl (C=O) groups excluding carboxylic acids is 2. The van der Waals surface area contributed by atoms with E-state index in [0.717, 1.165) is 29.7 Å². The lowest BCUT2D eigenvalue weighted by molar-refractivity contribution is -0.204. The number of hydrogen-bond acceptors (Lipinski definition) is 5. The summed E-state index contributed by atoms with van der Waals surface area (Å²) in [6, 6.07) is 10.0. The Kier molecular flexibility index (Phi) is 9.61. The van der Waals surface area contributed by atoms with Crippen molar-refractivity contribution in [1.82, 2.24) is 0 Å². The molecule has 0 spiro atoms. The van der Waals surface area contributed by atoms with E-state index in [1.165, 1.54) is 63.5 Å². The second-order valence-corrected chi connectivity index (χ2v) is 14.9. The highest BCUT2D eigenvalue weighted by atomic mass is 16.6. The SMILES string of the molecule is CC(=O)O[C@H]1[C@H](OCc2ccccc2)CC2=CC=C3[C@@H]4CC[C@H]([C@H](C)CCCC(C)C)[C@@]4(C)CC[C@@H]3[C@@]2(C)[C@H]1OC(C)=O. The van der Waals surface area contributed by atoms with Gasteiger partial charge in [-0.25, -0.2) is 0 Å². The Morgan fingerprint density at radius 2 is 1.63 bits per heavy atom. The number of benzene rings is 1. The number of rotatable bonds is 10. The molecular formula is C38H54O5. The molecule has 1 aromatic rings. The third kappa shape index (κ3) is 6.26. The molecule has 0 radical (unpaired) electrons. The van der Waals surface area contributed by atoms with Crippen LogP contribution in [0.15, 0.2) is 53.6 Å². The third-order valence-electron chi connectivity index (χ3n) is 11.8. The molecule has 236 valence electrons. The molecule has 9 atom stereocenters. The van der Waals surface area contributed by atoms with Crippen molar-refractivity contribution in [2.75, 3.05) is 0 Å². The van der Waals surface area contributed by atoms with Crippen molar-refractivity contribution in [2.45, 2.75) is 125 Å². The molecule has 43 heavy (non-hydrogen) atoms. The minimum atomic E-state index is -0.669. The molecule has 0 saturated heterocycles. The van der Waals surface area contributed by atoms with E-state index < -0.39 is 23.7 Å². The minimum Gasteiger partial charge on any atom is -0.458 e. The topological polar surface area (TPSA) is 61.8 Å². The zero-order valence-corrected chi connectivity index (χ0v) is 27.6. The Balaban J connectivity index is 1.45. The van der Waals surface area contributed by atoms with Crippen LogP contribution in [0.4, 0.5) is 0 Å². The smallest absolute Gasteiger partial charge is 0.303 e. The highest BCUT2D eigenvalue weighted by molar-refractivity contribution is 5.68. The summed E-state index contributed by atoms with van der Waals surface area (Å²) in [6.07, 6.45) is 12.4. The molecule has 3 fully saturated rings. The van der Waals surface area contributed by atoms with E-state index in [1.807, 2.05) is 30.3 Å². The molecule has 0 amide bonds. The fourth-order valence-corrected chi connectivity index (χ4v) is 9.67. The molecule has 0 heterocycles. The van der Waals surface area contributed by atoms with Gasteiger partial charge in [-0.1, -0.05) is 108 Å². The van der Waals surface area contributed by atoms with Gasteiger partial charge in [0.05, 0.1) is 6.61 Å². The van der Waals surface area contributed by atoms with Gasteiger partial charge in [0.2, 0.25) is 0 Å². The average Bonchev–Trinajstić information content (AvgIpc) is 3.31. The molecule has 5 rings (SSSR count). The Bertz CT molecular complexity index is 1220. The summed E-state index contributed by atoms with van der Waals surface area (Å²) in [5, 5.41) is 0. The van der Waals surface area contributed by atoms with Crippen LogP contribution in [0.5, 0.6) is 0 Å². The van der Waals surface area contributed by atoms with Crippen LogP contribution in [0.25, 0.3) is 0 Å². The first-order valence-electron chi connectivity index (χ1n) is 16.9. The minimum absolute atomic E-state index is 0.248. The van der Waals surface area contributed by atoms with Gasteiger partial charge in [0, 0.05) is 19.3 Å². The molecular weight excluding hydrogens is 536 g/mol. The van der Waals surface area contributed by atoms with Crippen molar-refractivity contribution in [3.8, 4) is 0 Å². The summed E-state index contributed by atoms with van der Waals surface area (Å²) in [5.41, 5.74) is 3.67. The van der Waals surface area contributed by atoms with Crippen LogP contribution < -0.4 is 0 Å². The van der Waals surface area contributed by atoms with Crippen molar-refractivity contribution in [1.29, 1.82) is 0 Å². The normalized spacial score (nSPS) is 35.6. The maximum atomic E-state index is 12.6. The van der Waals surface area contributed by atoms with Crippen molar-refractivity contribution >= 4 is 11.9 Å². The van der Waals surface area contributed by atoms with Crippen LogP contribution >= 0.6 is 0 Å². The Hall–Kier alpha value is -2.40. The molecule has 1 aromatic carbocycles. The van der Waals surface area contributed by atoms with Gasteiger partial charge >= 0.3 is 11.9 Å². The van der Waals surface area contributed by atoms with Gasteiger partial charge in [0.1, 0.15) is 6.10 Å². The molecule has 0 bridgehead atoms. The first-order chi connectivity index (χ1) is 20.4. The van der Waals surface area contributed by atoms with E-state index in [-0.39, 0.29) is 17.9 Å². The zero-order valence-electron chi connectivity index (χ0n) is 27.6. The highest BCUT2D eigenvalue weighted by Crippen LogP contribution is 2.66. The first-order valence-corrected chi connectivity index (χ1v) is 16.9. The van der Waals surface area contributed by atoms with Crippen molar-refractivity contribution in [3.05, 3.63) is 59.2 Å². The van der Waals surface area contributed by atoms with Gasteiger partial charge in [-0.05, 0) is 72.7 Å². The van der Waals surface area contributed by atoms with Gasteiger partial charge < -0.3 is 14.2 Å². The van der Waals surface area contributed by atoms with E-state index in [1.54, 1.807) is 0 Å². The monoisotopic (exact) mass is 590 g/mol. The quantitative estimate of drug-likeness (QED) is 0.255. The van der Waals surface area contributed by atoms with Crippen molar-refractivity contribution in [3.63, 3.8) is 0 Å². The van der Waals surface area contributed by atoms with Gasteiger partial charge in [0.15, 0.2) is 12.2 Å². The fourth-order valence-electron chi connectivity index (χ4n) is 9.67. The standard InChI is InChI=1S/C38H54O5/c1-24(2)12-11-13-25(3)31-18-19-32-30-17-16-29-22-34(41-23-28-14-9-8-10-15-28)35(42-26(4)39)36(43-27(5)40)38(29,7)33(30)20-21-37(31,32)6/h8-10,14-17,24-25,31-36H,11-13,18-23H2,1-7H3/t25-,31-,32+,33+,34-,35+,36+,37-,38+/m1/s1. The Morgan fingerprint density at radius 1 is 0.907 bits per heavy atom. The summed E-state index contributed by atoms with van der Waals surface area (Å²) < 4.78 is 18.7. The second kappa shape index (κ2) is 12.9. The Morgan fingerprint density at radius 3 is 2.30 bits per heavy atom. The maximum absolute atomic E-state index is 12.6. The number of esters is 2. The number of fused-ring (bicyclic) bond motifs is 5. The molecule has 4 aliphatic rings. The maximum Gasteiger partial charge on any atom is 0.303 e. The van der Waals surface area contributed by atoms with E-state index in [4.69, 9.17) is 14.2 Å². The highest BCUT2D eigenvalue weighted by Gasteiger charge is 2.62. The van der Waals surface area contributed by atoms with Crippen LogP contribution in [0, 0.1) is 40.4 Å². The van der Waals surface area contributed by atoms with E-state index >= 15 is 0 Å². The predicted molar refractivity (Wildman–Crippen MR) is 170 cm³/mol. The molecule has 0 unspecified atom stereocenters. The fraction of sp³-hybridized carbons (Fsp3) is 0.684. The van der Waals surface area contributed by atoms with Crippen LogP contribution in [0.1, 0.15) is 105 Å². The van der Waals surface area contributed by atoms with Gasteiger partial charge in [-0.3, -0.25) is 9.59 Å². The predicted octanol–water partition coefficient (Wildman–Crippen LogP) is 8.62.